The van der Waals surface area contributed by atoms with Gasteiger partial charge in [-0.15, -0.1) is 0 Å². The van der Waals surface area contributed by atoms with E-state index in [9.17, 15) is 4.79 Å². The molecule has 1 saturated carbocycles. The lowest BCUT2D eigenvalue weighted by Crippen LogP contribution is -2.49. The Bertz CT molecular complexity index is 884. The molecular formula is C24H36N4O3. The average molecular weight is 429 g/mol. The summed E-state index contributed by atoms with van der Waals surface area (Å²) < 4.78 is 13.1. The average Bonchev–Trinajstić information content (AvgIpc) is 3.56. The van der Waals surface area contributed by atoms with Gasteiger partial charge in [0.15, 0.2) is 0 Å². The number of morpholine rings is 1. The molecular weight excluding hydrogens is 392 g/mol. The SMILES string of the molecule is COCCCn1nc(CC(C)C)c2ccc(CN(C(=O)[C@H]3CNCCO3)C3CC3)cc21. The Morgan fingerprint density at radius 2 is 2.23 bits per heavy atom. The molecule has 1 aromatic carbocycles. The maximum absolute atomic E-state index is 13.1. The van der Waals surface area contributed by atoms with E-state index >= 15 is 0 Å². The number of nitrogens with zero attached hydrogens (tertiary/aromatic N) is 3. The predicted octanol–water partition coefficient (Wildman–Crippen LogP) is 2.75. The number of methoxy groups -OCH3 is 1. The first kappa shape index (κ1) is 22.2. The Balaban J connectivity index is 1.57. The molecule has 0 unspecified atom stereocenters. The second-order valence-corrected chi connectivity index (χ2v) is 9.23. The van der Waals surface area contributed by atoms with Crippen LogP contribution in [0.4, 0.5) is 0 Å². The van der Waals surface area contributed by atoms with Gasteiger partial charge in [0.25, 0.3) is 5.91 Å². The number of nitrogens with one attached hydrogen (secondary N) is 1. The number of hydrogen-bond acceptors (Lipinski definition) is 5. The molecule has 2 aromatic rings. The lowest BCUT2D eigenvalue weighted by molar-refractivity contribution is -0.146. The van der Waals surface area contributed by atoms with Crippen LogP contribution in [0, 0.1) is 5.92 Å². The second-order valence-electron chi connectivity index (χ2n) is 9.23. The van der Waals surface area contributed by atoms with Crippen LogP contribution in [-0.4, -0.2) is 66.1 Å². The van der Waals surface area contributed by atoms with Crippen molar-refractivity contribution in [2.24, 2.45) is 5.92 Å². The molecule has 1 aliphatic carbocycles. The summed E-state index contributed by atoms with van der Waals surface area (Å²) in [5, 5.41) is 9.42. The summed E-state index contributed by atoms with van der Waals surface area (Å²) in [6.07, 6.45) is 3.70. The highest BCUT2D eigenvalue weighted by atomic mass is 16.5. The van der Waals surface area contributed by atoms with Crippen LogP contribution in [0.15, 0.2) is 18.2 Å². The minimum absolute atomic E-state index is 0.115. The molecule has 170 valence electrons. The van der Waals surface area contributed by atoms with Gasteiger partial charge in [0.1, 0.15) is 6.10 Å². The number of amides is 1. The third-order valence-corrected chi connectivity index (χ3v) is 6.04. The molecule has 1 amide bonds. The van der Waals surface area contributed by atoms with E-state index < -0.39 is 0 Å². The molecule has 1 atom stereocenters. The van der Waals surface area contributed by atoms with Crippen LogP contribution < -0.4 is 5.32 Å². The third kappa shape index (κ3) is 5.45. The van der Waals surface area contributed by atoms with Gasteiger partial charge in [0, 0.05) is 51.3 Å². The van der Waals surface area contributed by atoms with E-state index in [0.717, 1.165) is 62.2 Å². The van der Waals surface area contributed by atoms with Crippen LogP contribution in [0.2, 0.25) is 0 Å². The van der Waals surface area contributed by atoms with E-state index in [1.807, 2.05) is 4.90 Å². The predicted molar refractivity (Wildman–Crippen MR) is 121 cm³/mol. The van der Waals surface area contributed by atoms with Crippen molar-refractivity contribution >= 4 is 16.8 Å². The fraction of sp³-hybridized carbons (Fsp3) is 0.667. The monoisotopic (exact) mass is 428 g/mol. The van der Waals surface area contributed by atoms with E-state index in [1.165, 1.54) is 5.39 Å². The van der Waals surface area contributed by atoms with Crippen LogP contribution in [0.1, 0.15) is 44.4 Å². The van der Waals surface area contributed by atoms with E-state index in [0.29, 0.717) is 31.7 Å². The van der Waals surface area contributed by atoms with Gasteiger partial charge in [-0.1, -0.05) is 26.0 Å². The van der Waals surface area contributed by atoms with E-state index in [1.54, 1.807) is 7.11 Å². The Morgan fingerprint density at radius 3 is 2.90 bits per heavy atom. The van der Waals surface area contributed by atoms with E-state index in [-0.39, 0.29) is 12.0 Å². The Hall–Kier alpha value is -1.96. The zero-order chi connectivity index (χ0) is 21.8. The largest absolute Gasteiger partial charge is 0.385 e. The van der Waals surface area contributed by atoms with Gasteiger partial charge >= 0.3 is 0 Å². The van der Waals surface area contributed by atoms with E-state index in [4.69, 9.17) is 14.6 Å². The van der Waals surface area contributed by atoms with E-state index in [2.05, 4.69) is 42.0 Å². The number of carbonyl (C=O) groups is 1. The molecule has 1 N–H and O–H groups in total. The molecule has 1 saturated heterocycles. The standard InChI is InChI=1S/C24H36N4O3/c1-17(2)13-21-20-8-5-18(14-22(20)28(26-21)10-4-11-30-3)16-27(19-6-7-19)24(29)23-15-25-9-12-31-23/h5,8,14,17,19,23,25H,4,6-7,9-13,15-16H2,1-3H3/t23-/m1/s1. The van der Waals surface area contributed by atoms with Gasteiger partial charge in [0.05, 0.1) is 17.8 Å². The third-order valence-electron chi connectivity index (χ3n) is 6.04. The highest BCUT2D eigenvalue weighted by Gasteiger charge is 2.36. The van der Waals surface area contributed by atoms with Gasteiger partial charge in [-0.25, -0.2) is 0 Å². The molecule has 1 aromatic heterocycles. The number of hydrogen-bond donors (Lipinski definition) is 1. The second kappa shape index (κ2) is 10.1. The topological polar surface area (TPSA) is 68.6 Å². The number of carbonyl (C=O) groups excluding carboxylic acids is 1. The molecule has 7 nitrogen and oxygen atoms in total. The molecule has 7 heteroatoms. The molecule has 0 bridgehead atoms. The number of aromatic nitrogens is 2. The number of aryl methyl sites for hydroxylation is 1. The maximum Gasteiger partial charge on any atom is 0.253 e. The van der Waals surface area contributed by atoms with Crippen LogP contribution >= 0.6 is 0 Å². The van der Waals surface area contributed by atoms with Gasteiger partial charge < -0.3 is 19.7 Å². The molecule has 2 fully saturated rings. The zero-order valence-corrected chi connectivity index (χ0v) is 19.1. The van der Waals surface area contributed by atoms with Crippen LogP contribution in [0.3, 0.4) is 0 Å². The smallest absolute Gasteiger partial charge is 0.253 e. The number of fused-ring (bicyclic) bond motifs is 1. The molecule has 1 aliphatic heterocycles. The zero-order valence-electron chi connectivity index (χ0n) is 19.1. The first-order chi connectivity index (χ1) is 15.1. The Kier molecular flexibility index (Phi) is 7.25. The fourth-order valence-corrected chi connectivity index (χ4v) is 4.33. The molecule has 2 heterocycles. The van der Waals surface area contributed by atoms with Gasteiger partial charge in [0.2, 0.25) is 0 Å². The minimum Gasteiger partial charge on any atom is -0.385 e. The lowest BCUT2D eigenvalue weighted by Gasteiger charge is -2.30. The lowest BCUT2D eigenvalue weighted by atomic mass is 10.0. The normalized spacial score (nSPS) is 19.3. The summed E-state index contributed by atoms with van der Waals surface area (Å²) in [5.41, 5.74) is 3.47. The first-order valence-electron chi connectivity index (χ1n) is 11.7. The Labute approximate surface area is 185 Å². The molecule has 0 radical (unpaired) electrons. The van der Waals surface area contributed by atoms with Gasteiger partial charge in [-0.3, -0.25) is 9.48 Å². The molecule has 31 heavy (non-hydrogen) atoms. The van der Waals surface area contributed by atoms with Crippen molar-refractivity contribution in [2.45, 2.75) is 64.8 Å². The van der Waals surface area contributed by atoms with Crippen molar-refractivity contribution in [1.82, 2.24) is 20.0 Å². The maximum atomic E-state index is 13.1. The van der Waals surface area contributed by atoms with Gasteiger partial charge in [-0.05, 0) is 43.2 Å². The fourth-order valence-electron chi connectivity index (χ4n) is 4.33. The van der Waals surface area contributed by atoms with Crippen LogP contribution in [0.5, 0.6) is 0 Å². The number of benzene rings is 1. The van der Waals surface area contributed by atoms with Crippen molar-refractivity contribution in [3.05, 3.63) is 29.5 Å². The summed E-state index contributed by atoms with van der Waals surface area (Å²) in [4.78, 5) is 15.2. The van der Waals surface area contributed by atoms with Crippen LogP contribution in [0.25, 0.3) is 10.9 Å². The molecule has 2 aliphatic rings. The minimum atomic E-state index is -0.365. The van der Waals surface area contributed by atoms with Crippen molar-refractivity contribution in [1.29, 1.82) is 0 Å². The summed E-state index contributed by atoms with van der Waals surface area (Å²) in [7, 11) is 1.73. The summed E-state index contributed by atoms with van der Waals surface area (Å²) in [6.45, 7) is 8.65. The summed E-state index contributed by atoms with van der Waals surface area (Å²) in [6, 6.07) is 6.92. The molecule has 4 rings (SSSR count). The Morgan fingerprint density at radius 1 is 1.39 bits per heavy atom. The first-order valence-corrected chi connectivity index (χ1v) is 11.7. The molecule has 0 spiro atoms. The van der Waals surface area contributed by atoms with Crippen molar-refractivity contribution in [2.75, 3.05) is 33.4 Å². The highest BCUT2D eigenvalue weighted by molar-refractivity contribution is 5.84. The van der Waals surface area contributed by atoms with Crippen LogP contribution in [-0.2, 0) is 33.8 Å². The van der Waals surface area contributed by atoms with Crippen molar-refractivity contribution in [3.8, 4) is 0 Å². The summed E-state index contributed by atoms with van der Waals surface area (Å²) in [5.74, 6) is 0.668. The number of rotatable bonds is 10. The van der Waals surface area contributed by atoms with Crippen molar-refractivity contribution in [3.63, 3.8) is 0 Å². The van der Waals surface area contributed by atoms with Gasteiger partial charge in [-0.2, -0.15) is 5.10 Å². The highest BCUT2D eigenvalue weighted by Crippen LogP contribution is 2.31. The number of ether oxygens (including phenoxy) is 2. The summed E-state index contributed by atoms with van der Waals surface area (Å²) >= 11 is 0. The van der Waals surface area contributed by atoms with Crippen molar-refractivity contribution < 1.29 is 14.3 Å². The quantitative estimate of drug-likeness (QED) is 0.590.